The number of hydrogen-bond acceptors (Lipinski definition) is 6. The molecule has 4 rings (SSSR count). The molecule has 1 saturated heterocycles. The fraction of sp³-hybridized carbons (Fsp3) is 0.857. The van der Waals surface area contributed by atoms with E-state index in [0.717, 1.165) is 5.57 Å². The quantitative estimate of drug-likeness (QED) is 0.592. The minimum absolute atomic E-state index is 0.0762. The molecule has 0 aromatic rings. The monoisotopic (exact) mass is 380 g/mol. The third kappa shape index (κ3) is 2.28. The second kappa shape index (κ2) is 5.86. The van der Waals surface area contributed by atoms with E-state index in [9.17, 15) is 20.1 Å². The highest BCUT2D eigenvalue weighted by Crippen LogP contribution is 2.61. The normalized spacial score (nSPS) is 51.6. The van der Waals surface area contributed by atoms with Crippen molar-refractivity contribution in [2.75, 3.05) is 13.7 Å². The Kier molecular flexibility index (Phi) is 4.24. The van der Waals surface area contributed by atoms with Crippen molar-refractivity contribution in [3.8, 4) is 0 Å². The van der Waals surface area contributed by atoms with Gasteiger partial charge in [-0.1, -0.05) is 13.8 Å². The van der Waals surface area contributed by atoms with Crippen LogP contribution in [0, 0.1) is 22.7 Å². The molecule has 3 fully saturated rings. The van der Waals surface area contributed by atoms with E-state index >= 15 is 0 Å². The lowest BCUT2D eigenvalue weighted by Gasteiger charge is -2.62. The summed E-state index contributed by atoms with van der Waals surface area (Å²) in [6.07, 6.45) is -1.47. The van der Waals surface area contributed by atoms with Gasteiger partial charge in [0, 0.05) is 31.3 Å². The van der Waals surface area contributed by atoms with Crippen molar-refractivity contribution in [3.63, 3.8) is 0 Å². The molecule has 0 spiro atoms. The Bertz CT molecular complexity index is 699. The number of Topliss-reactive ketones (excluding diaryl/α,β-unsaturated/α-hetero) is 1. The van der Waals surface area contributed by atoms with Crippen LogP contribution in [0.2, 0.25) is 0 Å². The number of carbonyl (C=O) groups is 1. The SMILES string of the molecule is CO[C@H]1CC2(O)CC3C4CO[C@@H]4CC(O)C3(C)C(=O)C(O)C(=C1C)C2(C)C. The Morgan fingerprint density at radius 3 is 2.41 bits per heavy atom. The minimum atomic E-state index is -1.36. The molecule has 27 heavy (non-hydrogen) atoms. The van der Waals surface area contributed by atoms with Crippen LogP contribution in [0.1, 0.15) is 47.0 Å². The molecule has 1 aliphatic heterocycles. The lowest BCUT2D eigenvalue weighted by molar-refractivity contribution is -0.243. The molecule has 6 unspecified atom stereocenters. The second-order valence-electron chi connectivity index (χ2n) is 9.83. The molecule has 0 aromatic carbocycles. The number of methoxy groups -OCH3 is 1. The van der Waals surface area contributed by atoms with Gasteiger partial charge in [0.2, 0.25) is 0 Å². The maximum Gasteiger partial charge on any atom is 0.174 e. The van der Waals surface area contributed by atoms with Crippen LogP contribution in [0.15, 0.2) is 11.1 Å². The van der Waals surface area contributed by atoms with Gasteiger partial charge in [-0.05, 0) is 37.3 Å². The number of fused-ring (bicyclic) bond motifs is 5. The van der Waals surface area contributed by atoms with Crippen LogP contribution in [0.4, 0.5) is 0 Å². The van der Waals surface area contributed by atoms with Gasteiger partial charge in [-0.3, -0.25) is 4.79 Å². The second-order valence-corrected chi connectivity index (χ2v) is 9.83. The molecule has 3 aliphatic carbocycles. The van der Waals surface area contributed by atoms with Gasteiger partial charge in [-0.25, -0.2) is 0 Å². The summed E-state index contributed by atoms with van der Waals surface area (Å²) >= 11 is 0. The number of hydrogen-bond donors (Lipinski definition) is 3. The van der Waals surface area contributed by atoms with E-state index in [0.29, 0.717) is 31.4 Å². The summed E-state index contributed by atoms with van der Waals surface area (Å²) in [4.78, 5) is 13.6. The molecule has 2 saturated carbocycles. The lowest BCUT2D eigenvalue weighted by atomic mass is 9.47. The molecule has 0 aromatic heterocycles. The summed E-state index contributed by atoms with van der Waals surface area (Å²) in [5, 5.41) is 34.0. The van der Waals surface area contributed by atoms with Gasteiger partial charge in [-0.2, -0.15) is 0 Å². The van der Waals surface area contributed by atoms with Crippen molar-refractivity contribution >= 4 is 5.78 Å². The first-order valence-corrected chi connectivity index (χ1v) is 9.97. The smallest absolute Gasteiger partial charge is 0.174 e. The van der Waals surface area contributed by atoms with Gasteiger partial charge in [0.15, 0.2) is 5.78 Å². The van der Waals surface area contributed by atoms with E-state index in [1.54, 1.807) is 14.0 Å². The molecule has 6 heteroatoms. The van der Waals surface area contributed by atoms with Crippen molar-refractivity contribution < 1.29 is 29.6 Å². The fourth-order valence-corrected chi connectivity index (χ4v) is 6.41. The first kappa shape index (κ1) is 19.5. The summed E-state index contributed by atoms with van der Waals surface area (Å²) in [6.45, 7) is 7.99. The van der Waals surface area contributed by atoms with Crippen molar-refractivity contribution in [1.82, 2.24) is 0 Å². The van der Waals surface area contributed by atoms with Gasteiger partial charge >= 0.3 is 0 Å². The zero-order chi connectivity index (χ0) is 19.9. The Morgan fingerprint density at radius 1 is 1.19 bits per heavy atom. The highest BCUT2D eigenvalue weighted by molar-refractivity contribution is 5.93. The first-order chi connectivity index (χ1) is 12.5. The molecule has 8 atom stereocenters. The number of ether oxygens (including phenoxy) is 2. The van der Waals surface area contributed by atoms with Crippen LogP contribution in [0.5, 0.6) is 0 Å². The Labute approximate surface area is 160 Å². The molecule has 2 bridgehead atoms. The van der Waals surface area contributed by atoms with Crippen LogP contribution in [-0.2, 0) is 14.3 Å². The third-order valence-corrected chi connectivity index (χ3v) is 8.58. The average molecular weight is 380 g/mol. The first-order valence-electron chi connectivity index (χ1n) is 9.97. The van der Waals surface area contributed by atoms with Crippen molar-refractivity contribution in [2.45, 2.75) is 77.0 Å². The van der Waals surface area contributed by atoms with Crippen LogP contribution < -0.4 is 0 Å². The highest BCUT2D eigenvalue weighted by atomic mass is 16.5. The third-order valence-electron chi connectivity index (χ3n) is 8.58. The van der Waals surface area contributed by atoms with Crippen LogP contribution in [0.3, 0.4) is 0 Å². The number of aliphatic hydroxyl groups excluding tert-OH is 2. The van der Waals surface area contributed by atoms with Crippen molar-refractivity contribution in [2.24, 2.45) is 22.7 Å². The molecule has 0 radical (unpaired) electrons. The van der Waals surface area contributed by atoms with E-state index in [1.165, 1.54) is 0 Å². The molecule has 1 heterocycles. The standard InChI is InChI=1S/C21H32O6/c1-10-14(26-5)8-21(25)7-12-11-9-27-13(11)6-15(22)20(12,4)18(24)17(23)16(10)19(21,2)3/h11-15,17,22-23,25H,6-9H2,1-5H3/t11?,12?,13-,14+,15?,17?,20?,21?/m1/s1. The molecule has 4 aliphatic rings. The van der Waals surface area contributed by atoms with Gasteiger partial charge in [0.1, 0.15) is 6.10 Å². The van der Waals surface area contributed by atoms with E-state index < -0.39 is 28.6 Å². The maximum atomic E-state index is 13.6. The number of ketones is 1. The number of aliphatic hydroxyl groups is 3. The number of carbonyl (C=O) groups excluding carboxylic acids is 1. The fourth-order valence-electron chi connectivity index (χ4n) is 6.41. The van der Waals surface area contributed by atoms with Crippen LogP contribution in [-0.4, -0.2) is 64.8 Å². The van der Waals surface area contributed by atoms with Crippen LogP contribution in [0.25, 0.3) is 0 Å². The Balaban J connectivity index is 1.92. The predicted octanol–water partition coefficient (Wildman–Crippen LogP) is 1.21. The minimum Gasteiger partial charge on any atom is -0.392 e. The summed E-state index contributed by atoms with van der Waals surface area (Å²) < 4.78 is 11.2. The molecule has 152 valence electrons. The topological polar surface area (TPSA) is 96.2 Å². The van der Waals surface area contributed by atoms with E-state index in [4.69, 9.17) is 9.47 Å². The zero-order valence-corrected chi connectivity index (χ0v) is 16.9. The van der Waals surface area contributed by atoms with E-state index in [-0.39, 0.29) is 29.8 Å². The van der Waals surface area contributed by atoms with Crippen LogP contribution >= 0.6 is 0 Å². The summed E-state index contributed by atoms with van der Waals surface area (Å²) in [6, 6.07) is 0. The lowest BCUT2D eigenvalue weighted by Crippen LogP contribution is -2.69. The Hall–Kier alpha value is -0.790. The molecule has 0 amide bonds. The summed E-state index contributed by atoms with van der Waals surface area (Å²) in [7, 11) is 1.59. The summed E-state index contributed by atoms with van der Waals surface area (Å²) in [5.74, 6) is -0.473. The average Bonchev–Trinajstić information content (AvgIpc) is 2.58. The maximum absolute atomic E-state index is 13.6. The van der Waals surface area contributed by atoms with Crippen molar-refractivity contribution in [1.29, 1.82) is 0 Å². The highest BCUT2D eigenvalue weighted by Gasteiger charge is 2.66. The van der Waals surface area contributed by atoms with E-state index in [1.807, 2.05) is 20.8 Å². The molecular weight excluding hydrogens is 348 g/mol. The molecule has 6 nitrogen and oxygen atoms in total. The largest absolute Gasteiger partial charge is 0.392 e. The molecule has 3 N–H and O–H groups in total. The van der Waals surface area contributed by atoms with Gasteiger partial charge < -0.3 is 24.8 Å². The van der Waals surface area contributed by atoms with Gasteiger partial charge in [0.25, 0.3) is 0 Å². The molecular formula is C21H32O6. The van der Waals surface area contributed by atoms with Gasteiger partial charge in [0.05, 0.1) is 35.9 Å². The Morgan fingerprint density at radius 2 is 1.85 bits per heavy atom. The number of rotatable bonds is 1. The summed E-state index contributed by atoms with van der Waals surface area (Å²) in [5.41, 5.74) is -1.66. The predicted molar refractivity (Wildman–Crippen MR) is 97.9 cm³/mol. The zero-order valence-electron chi connectivity index (χ0n) is 16.9. The van der Waals surface area contributed by atoms with Gasteiger partial charge in [-0.15, -0.1) is 0 Å². The van der Waals surface area contributed by atoms with E-state index in [2.05, 4.69) is 0 Å². The van der Waals surface area contributed by atoms with Crippen molar-refractivity contribution in [3.05, 3.63) is 11.1 Å².